The van der Waals surface area contributed by atoms with Crippen molar-refractivity contribution < 1.29 is 0 Å². The topological polar surface area (TPSA) is 0 Å². The number of halogens is 4. The molecule has 0 heterocycles. The summed E-state index contributed by atoms with van der Waals surface area (Å²) in [6, 6.07) is 2.55. The fraction of sp³-hybridized carbons (Fsp3) is 1.00. The van der Waals surface area contributed by atoms with Crippen LogP contribution in [0, 0.1) is 0 Å². The monoisotopic (exact) mass is 528 g/mol. The van der Waals surface area contributed by atoms with E-state index in [0.717, 1.165) is 0 Å². The van der Waals surface area contributed by atoms with Crippen LogP contribution >= 0.6 is 61.2 Å². The molecule has 0 nitrogen and oxygen atoms in total. The van der Waals surface area contributed by atoms with E-state index >= 15 is 0 Å². The van der Waals surface area contributed by atoms with Crippen LogP contribution in [0.4, 0.5) is 0 Å². The average Bonchev–Trinajstić information content (AvgIpc) is 1.98. The van der Waals surface area contributed by atoms with E-state index in [2.05, 4.69) is 103 Å². The van der Waals surface area contributed by atoms with Gasteiger partial charge in [0.2, 0.25) is 10.6 Å². The van der Waals surface area contributed by atoms with Crippen molar-refractivity contribution in [3.63, 3.8) is 0 Å². The van der Waals surface area contributed by atoms with Gasteiger partial charge >= 0.3 is 0 Å². The summed E-state index contributed by atoms with van der Waals surface area (Å²) in [6.45, 7) is 13.9. The van der Waals surface area contributed by atoms with Crippen molar-refractivity contribution in [2.75, 3.05) is 0 Å². The van der Waals surface area contributed by atoms with Crippen molar-refractivity contribution in [2.24, 2.45) is 0 Å². The van der Waals surface area contributed by atoms with E-state index in [0.29, 0.717) is 10.1 Å². The predicted octanol–water partition coefficient (Wildman–Crippen LogP) is 7.44. The van der Waals surface area contributed by atoms with E-state index in [9.17, 15) is 0 Å². The molecule has 0 unspecified atom stereocenters. The molecule has 0 aliphatic carbocycles. The summed E-state index contributed by atoms with van der Waals surface area (Å²) in [7, 11) is 0. The van der Waals surface area contributed by atoms with Crippen molar-refractivity contribution in [3.05, 3.63) is 0 Å². The Labute approximate surface area is 140 Å². The van der Waals surface area contributed by atoms with Crippen LogP contribution in [-0.2, 0) is 0 Å². The molecule has 17 heavy (non-hydrogen) atoms. The first-order valence-corrected chi connectivity index (χ1v) is 19.4. The molecule has 0 radical (unpaired) electrons. The van der Waals surface area contributed by atoms with E-state index in [1.165, 1.54) is 18.5 Å². The smallest absolute Gasteiger partial charge is 0.110 e. The lowest BCUT2D eigenvalue weighted by molar-refractivity contribution is 0.728. The molecule has 6 heteroatoms. The Hall–Kier alpha value is 2.35. The Morgan fingerprint density at radius 2 is 0.882 bits per heavy atom. The van der Waals surface area contributed by atoms with Crippen molar-refractivity contribution in [1.29, 1.82) is 0 Å². The second-order valence-corrected chi connectivity index (χ2v) is 36.2. The Morgan fingerprint density at radius 1 is 0.647 bits per heavy atom. The maximum absolute atomic E-state index is 3.96. The molecule has 0 rings (SSSR count). The summed E-state index contributed by atoms with van der Waals surface area (Å²) in [4.78, 5) is 0. The van der Waals surface area contributed by atoms with E-state index < -0.39 is 10.6 Å². The molecule has 0 atom stereocenters. The molecule has 0 aliphatic heterocycles. The molecule has 0 N–H and O–H groups in total. The highest BCUT2D eigenvalue weighted by Gasteiger charge is 2.43. The van der Waals surface area contributed by atoms with Gasteiger partial charge in [-0.25, -0.2) is 0 Å². The van der Waals surface area contributed by atoms with Gasteiger partial charge in [0.15, 0.2) is 0 Å². The Balaban J connectivity index is 4.36. The second-order valence-electron chi connectivity index (χ2n) is 6.76. The lowest BCUT2D eigenvalue weighted by atomic mass is 10.2. The number of rotatable bonds is 4. The highest BCUT2D eigenvalue weighted by molar-refractivity contribution is 9.51. The van der Waals surface area contributed by atoms with Crippen LogP contribution in [0.3, 0.4) is 0 Å². The van der Waals surface area contributed by atoms with Crippen LogP contribution in [0.1, 0.15) is 48.0 Å². The van der Waals surface area contributed by atoms with Gasteiger partial charge in [-0.1, -0.05) is 48.0 Å². The molecule has 0 aromatic rings. The van der Waals surface area contributed by atoms with Gasteiger partial charge in [0.1, 0.15) is 0 Å². The minimum atomic E-state index is -1.46. The molecular weight excluding hydrogens is 508 g/mol. The Kier molecular flexibility index (Phi) is 7.30. The largest absolute Gasteiger partial charge is 0.206 e. The standard InChI is InChI=1S/C11H24Br4Si2/c1-10(2,3)16(12,13)8-7-9-17(14,15)11(4,5)6/h7-9H2,1-6H3. The summed E-state index contributed by atoms with van der Waals surface area (Å²) in [5.41, 5.74) is 0. The van der Waals surface area contributed by atoms with Crippen molar-refractivity contribution in [2.45, 2.75) is 70.1 Å². The van der Waals surface area contributed by atoms with Crippen molar-refractivity contribution >= 4 is 71.8 Å². The summed E-state index contributed by atoms with van der Waals surface area (Å²) in [6.07, 6.45) is 1.28. The van der Waals surface area contributed by atoms with Gasteiger partial charge in [-0.2, -0.15) is 0 Å². The molecule has 0 aromatic carbocycles. The first kappa shape index (κ1) is 19.4. The van der Waals surface area contributed by atoms with Crippen molar-refractivity contribution in [1.82, 2.24) is 0 Å². The highest BCUT2D eigenvalue weighted by Crippen LogP contribution is 2.52. The molecule has 0 saturated carbocycles. The summed E-state index contributed by atoms with van der Waals surface area (Å²) in [5.74, 6) is 0. The molecule has 104 valence electrons. The first-order valence-electron chi connectivity index (χ1n) is 5.96. The van der Waals surface area contributed by atoms with E-state index in [-0.39, 0.29) is 0 Å². The lowest BCUT2D eigenvalue weighted by Crippen LogP contribution is -2.33. The average molecular weight is 532 g/mol. The molecule has 0 saturated heterocycles. The molecule has 0 spiro atoms. The zero-order valence-electron chi connectivity index (χ0n) is 11.6. The fourth-order valence-corrected chi connectivity index (χ4v) is 7.74. The number of hydrogen-bond donors (Lipinski definition) is 0. The summed E-state index contributed by atoms with van der Waals surface area (Å²) >= 11 is 15.8. The van der Waals surface area contributed by atoms with E-state index in [1.807, 2.05) is 0 Å². The molecule has 0 bridgehead atoms. The van der Waals surface area contributed by atoms with Crippen LogP contribution in [0.25, 0.3) is 0 Å². The molecule has 0 aliphatic rings. The van der Waals surface area contributed by atoms with Gasteiger partial charge in [-0.05, 0) is 22.2 Å². The van der Waals surface area contributed by atoms with Crippen LogP contribution in [0.5, 0.6) is 0 Å². The zero-order chi connectivity index (χ0) is 14.1. The SMILES string of the molecule is CC(C)(C)[Si](Br)(Br)CCC[Si](Br)(Br)C(C)(C)C. The first-order chi connectivity index (χ1) is 7.21. The minimum Gasteiger partial charge on any atom is -0.110 e. The normalized spacial score (nSPS) is 15.2. The van der Waals surface area contributed by atoms with Crippen LogP contribution in [0.15, 0.2) is 0 Å². The van der Waals surface area contributed by atoms with E-state index in [4.69, 9.17) is 0 Å². The molecule has 0 fully saturated rings. The van der Waals surface area contributed by atoms with Crippen LogP contribution in [-0.4, -0.2) is 10.6 Å². The molecule has 0 aromatic heterocycles. The lowest BCUT2D eigenvalue weighted by Gasteiger charge is -2.35. The van der Waals surface area contributed by atoms with Gasteiger partial charge in [0, 0.05) is 0 Å². The maximum Gasteiger partial charge on any atom is 0.206 e. The molecule has 0 amide bonds. The second kappa shape index (κ2) is 6.41. The predicted molar refractivity (Wildman–Crippen MR) is 101 cm³/mol. The van der Waals surface area contributed by atoms with Crippen molar-refractivity contribution in [3.8, 4) is 0 Å². The van der Waals surface area contributed by atoms with Crippen LogP contribution in [0.2, 0.25) is 22.2 Å². The van der Waals surface area contributed by atoms with Gasteiger partial charge in [0.25, 0.3) is 0 Å². The summed E-state index contributed by atoms with van der Waals surface area (Å²) < 4.78 is 0. The summed E-state index contributed by atoms with van der Waals surface area (Å²) in [5, 5.41) is -2.20. The van der Waals surface area contributed by atoms with Crippen LogP contribution < -0.4 is 0 Å². The Morgan fingerprint density at radius 3 is 1.06 bits per heavy atom. The maximum atomic E-state index is 3.96. The highest BCUT2D eigenvalue weighted by atomic mass is 79.9. The quantitative estimate of drug-likeness (QED) is 0.261. The minimum absolute atomic E-state index is 0.359. The van der Waals surface area contributed by atoms with Gasteiger partial charge in [-0.15, -0.1) is 61.2 Å². The van der Waals surface area contributed by atoms with Gasteiger partial charge < -0.3 is 0 Å². The molecular formula is C11H24Br4Si2. The third-order valence-electron chi connectivity index (χ3n) is 3.18. The third-order valence-corrected chi connectivity index (χ3v) is 28.6. The van der Waals surface area contributed by atoms with E-state index in [1.54, 1.807) is 0 Å². The fourth-order valence-electron chi connectivity index (χ4n) is 1.28. The Bertz CT molecular complexity index is 225. The van der Waals surface area contributed by atoms with Gasteiger partial charge in [0.05, 0.1) is 0 Å². The van der Waals surface area contributed by atoms with Gasteiger partial charge in [-0.3, -0.25) is 0 Å². The zero-order valence-corrected chi connectivity index (χ0v) is 20.0. The number of hydrogen-bond acceptors (Lipinski definition) is 0. The third kappa shape index (κ3) is 6.11.